The second-order valence-electron chi connectivity index (χ2n) is 17.3. The van der Waals surface area contributed by atoms with E-state index in [0.717, 1.165) is 15.6 Å². The number of hydrogen-bond acceptors (Lipinski definition) is 10. The molecule has 1 saturated carbocycles. The quantitative estimate of drug-likeness (QED) is 0.0871. The SMILES string of the molecule is CN(C)c1ccc(N=Nc2ccc(N3C(=O)C4CC=C5C(CC6C(=O)N(Nc7ncc(C(F)(F)F)cc7Cl)C(=O)C6(c6ccc(Cl)cc6)C5c5c(O)ccc6ccccc56)C4C3=O)cc2)cc1. The second kappa shape index (κ2) is 16.3. The van der Waals surface area contributed by atoms with E-state index in [1.165, 1.54) is 6.07 Å². The van der Waals surface area contributed by atoms with Crippen molar-refractivity contribution in [1.82, 2.24) is 9.99 Å². The number of nitrogens with zero attached hydrogens (tertiary/aromatic N) is 6. The van der Waals surface area contributed by atoms with Gasteiger partial charge in [0.1, 0.15) is 5.75 Å². The maximum absolute atomic E-state index is 15.7. The van der Waals surface area contributed by atoms with Crippen molar-refractivity contribution in [2.45, 2.75) is 30.4 Å². The lowest BCUT2D eigenvalue weighted by molar-refractivity contribution is -0.139. The Morgan fingerprint density at radius 3 is 2.15 bits per heavy atom. The number of phenolic OH excluding ortho intramolecular Hbond substituents is 1. The van der Waals surface area contributed by atoms with E-state index < -0.39 is 75.4 Å². The highest BCUT2D eigenvalue weighted by atomic mass is 35.5. The van der Waals surface area contributed by atoms with Crippen molar-refractivity contribution in [3.05, 3.63) is 160 Å². The van der Waals surface area contributed by atoms with Gasteiger partial charge in [0.05, 0.1) is 50.8 Å². The molecule has 4 aliphatic rings. The van der Waals surface area contributed by atoms with Gasteiger partial charge in [-0.15, -0.1) is 0 Å². The van der Waals surface area contributed by atoms with Crippen molar-refractivity contribution >= 4 is 86.2 Å². The molecule has 1 aromatic heterocycles. The molecular weight excluding hydrogens is 906 g/mol. The van der Waals surface area contributed by atoms with Gasteiger partial charge in [-0.05, 0) is 108 Å². The summed E-state index contributed by atoms with van der Waals surface area (Å²) in [6, 6.07) is 31.6. The molecule has 2 aliphatic carbocycles. The monoisotopic (exact) mass is 943 g/mol. The first-order valence-corrected chi connectivity index (χ1v) is 22.0. The van der Waals surface area contributed by atoms with Crippen LogP contribution < -0.4 is 15.2 Å². The number of hydrazine groups is 1. The number of azo groups is 1. The number of allylic oxidation sites excluding steroid dienone is 2. The van der Waals surface area contributed by atoms with Crippen molar-refractivity contribution in [2.24, 2.45) is 33.9 Å². The third-order valence-corrected chi connectivity index (χ3v) is 14.1. The molecule has 2 aliphatic heterocycles. The molecule has 6 unspecified atom stereocenters. The minimum atomic E-state index is -4.78. The predicted molar refractivity (Wildman–Crippen MR) is 246 cm³/mol. The summed E-state index contributed by atoms with van der Waals surface area (Å²) in [5.74, 6) is -8.09. The minimum absolute atomic E-state index is 0.101. The lowest BCUT2D eigenvalue weighted by Gasteiger charge is -2.51. The van der Waals surface area contributed by atoms with Crippen LogP contribution in [0.2, 0.25) is 10.0 Å². The number of carbonyl (C=O) groups excluding carboxylic acids is 4. The predicted octanol–water partition coefficient (Wildman–Crippen LogP) is 10.9. The average Bonchev–Trinajstić information content (AvgIpc) is 3.69. The molecule has 0 spiro atoms. The lowest BCUT2D eigenvalue weighted by Crippen LogP contribution is -2.53. The molecule has 67 heavy (non-hydrogen) atoms. The number of hydrogen-bond donors (Lipinski definition) is 2. The van der Waals surface area contributed by atoms with Gasteiger partial charge in [0.25, 0.3) is 11.8 Å². The summed E-state index contributed by atoms with van der Waals surface area (Å²) in [6.07, 6.45) is -2.38. The number of imide groups is 2. The Bertz CT molecular complexity index is 3090. The Morgan fingerprint density at radius 2 is 1.49 bits per heavy atom. The van der Waals surface area contributed by atoms with Crippen LogP contribution in [0.25, 0.3) is 10.8 Å². The van der Waals surface area contributed by atoms with E-state index in [9.17, 15) is 27.9 Å². The summed E-state index contributed by atoms with van der Waals surface area (Å²) in [5.41, 5.74) is 3.34. The molecule has 10 rings (SSSR count). The maximum Gasteiger partial charge on any atom is 0.417 e. The van der Waals surface area contributed by atoms with Gasteiger partial charge in [0.15, 0.2) is 5.82 Å². The first kappa shape index (κ1) is 43.8. The normalized spacial score (nSPS) is 23.7. The van der Waals surface area contributed by atoms with Gasteiger partial charge in [-0.2, -0.15) is 28.4 Å². The number of halogens is 5. The van der Waals surface area contributed by atoms with Crippen molar-refractivity contribution in [2.75, 3.05) is 29.3 Å². The maximum atomic E-state index is 15.7. The summed E-state index contributed by atoms with van der Waals surface area (Å²) in [5, 5.41) is 22.6. The second-order valence-corrected chi connectivity index (χ2v) is 18.1. The molecule has 17 heteroatoms. The zero-order valence-electron chi connectivity index (χ0n) is 35.6. The lowest BCUT2D eigenvalue weighted by atomic mass is 9.48. The van der Waals surface area contributed by atoms with E-state index in [1.54, 1.807) is 66.7 Å². The molecule has 4 amide bonds. The zero-order chi connectivity index (χ0) is 47.1. The molecule has 3 heterocycles. The number of benzene rings is 5. The smallest absolute Gasteiger partial charge is 0.417 e. The van der Waals surface area contributed by atoms with Crippen molar-refractivity contribution in [3.63, 3.8) is 0 Å². The molecule has 6 atom stereocenters. The number of aromatic hydroxyl groups is 1. The first-order valence-electron chi connectivity index (χ1n) is 21.3. The number of anilines is 3. The van der Waals surface area contributed by atoms with Crippen LogP contribution in [-0.2, 0) is 30.8 Å². The fraction of sp³-hybridized carbons (Fsp3) is 0.220. The molecular formula is C50H38Cl2F3N7O5. The van der Waals surface area contributed by atoms with Crippen molar-refractivity contribution in [3.8, 4) is 5.75 Å². The van der Waals surface area contributed by atoms with E-state index in [0.29, 0.717) is 61.8 Å². The largest absolute Gasteiger partial charge is 0.508 e. The Kier molecular flexibility index (Phi) is 10.7. The molecule has 2 saturated heterocycles. The Balaban J connectivity index is 1.08. The molecule has 338 valence electrons. The van der Waals surface area contributed by atoms with Gasteiger partial charge >= 0.3 is 6.18 Å². The van der Waals surface area contributed by atoms with E-state index in [4.69, 9.17) is 23.2 Å². The number of rotatable bonds is 8. The van der Waals surface area contributed by atoms with Gasteiger partial charge in [-0.25, -0.2) is 4.98 Å². The molecule has 12 nitrogen and oxygen atoms in total. The van der Waals surface area contributed by atoms with Crippen molar-refractivity contribution < 1.29 is 37.5 Å². The van der Waals surface area contributed by atoms with Crippen LogP contribution in [0.1, 0.15) is 35.4 Å². The highest BCUT2D eigenvalue weighted by Gasteiger charge is 2.71. The van der Waals surface area contributed by atoms with E-state index >= 15 is 9.59 Å². The topological polar surface area (TPSA) is 148 Å². The summed E-state index contributed by atoms with van der Waals surface area (Å²) < 4.78 is 41.0. The van der Waals surface area contributed by atoms with Gasteiger partial charge < -0.3 is 10.0 Å². The van der Waals surface area contributed by atoms with Crippen LogP contribution in [-0.4, -0.2) is 52.8 Å². The number of phenols is 1. The summed E-state index contributed by atoms with van der Waals surface area (Å²) in [7, 11) is 3.87. The van der Waals surface area contributed by atoms with Crippen LogP contribution in [0.4, 0.5) is 41.7 Å². The van der Waals surface area contributed by atoms with Crippen LogP contribution in [0.5, 0.6) is 5.75 Å². The Hall–Kier alpha value is -7.10. The fourth-order valence-corrected chi connectivity index (χ4v) is 10.9. The van der Waals surface area contributed by atoms with E-state index in [2.05, 4.69) is 20.6 Å². The Labute approximate surface area is 391 Å². The summed E-state index contributed by atoms with van der Waals surface area (Å²) in [6.45, 7) is 0. The molecule has 3 fully saturated rings. The highest BCUT2D eigenvalue weighted by molar-refractivity contribution is 6.33. The van der Waals surface area contributed by atoms with Gasteiger partial charge in [0, 0.05) is 42.5 Å². The minimum Gasteiger partial charge on any atom is -0.508 e. The highest BCUT2D eigenvalue weighted by Crippen LogP contribution is 2.65. The van der Waals surface area contributed by atoms with Gasteiger partial charge in [0.2, 0.25) is 11.8 Å². The van der Waals surface area contributed by atoms with Gasteiger partial charge in [-0.1, -0.05) is 77.3 Å². The number of alkyl halides is 3. The molecule has 2 N–H and O–H groups in total. The zero-order valence-corrected chi connectivity index (χ0v) is 37.1. The van der Waals surface area contributed by atoms with Crippen LogP contribution in [0.3, 0.4) is 0 Å². The molecule has 6 aromatic rings. The summed E-state index contributed by atoms with van der Waals surface area (Å²) >= 11 is 12.8. The van der Waals surface area contributed by atoms with Crippen LogP contribution >= 0.6 is 23.2 Å². The van der Waals surface area contributed by atoms with E-state index in [1.807, 2.05) is 61.5 Å². The third-order valence-electron chi connectivity index (χ3n) is 13.5. The molecule has 0 bridgehead atoms. The Morgan fingerprint density at radius 1 is 0.821 bits per heavy atom. The summed E-state index contributed by atoms with van der Waals surface area (Å²) in [4.78, 5) is 67.3. The number of carbonyl (C=O) groups is 4. The van der Waals surface area contributed by atoms with Crippen LogP contribution in [0.15, 0.2) is 143 Å². The average molecular weight is 945 g/mol. The number of nitrogens with one attached hydrogen (secondary N) is 1. The van der Waals surface area contributed by atoms with Crippen molar-refractivity contribution in [1.29, 1.82) is 0 Å². The fourth-order valence-electron chi connectivity index (χ4n) is 10.5. The standard InChI is InChI=1S/C50H38Cl2F3N7O5/c1-60(2)32-16-12-30(13-17-32)57-58-31-14-18-33(19-15-31)61-45(64)36-21-20-35-37(41(36)47(61)66)24-38-46(65)62(59-44-39(52)23-28(25-56-44)50(53,54)55)48(67)49(38,27-8-10-29(51)11-9-27)43(35)42-34-6-4-3-5-26(34)7-22-40(42)63/h3-20,22-23,25,36-38,41,43,63H,21,24H2,1-2H3,(H,56,59). The van der Waals surface area contributed by atoms with Gasteiger partial charge in [-0.3, -0.25) is 29.5 Å². The van der Waals surface area contributed by atoms with E-state index in [-0.39, 0.29) is 24.4 Å². The molecule has 5 aromatic carbocycles. The van der Waals surface area contributed by atoms with Crippen LogP contribution in [0, 0.1) is 23.7 Å². The molecule has 0 radical (unpaired) electrons. The number of amides is 4. The number of pyridine rings is 1. The number of aromatic nitrogens is 1. The number of fused-ring (bicyclic) bond motifs is 5. The first-order chi connectivity index (χ1) is 32.1. The third kappa shape index (κ3) is 7.10.